The van der Waals surface area contributed by atoms with E-state index < -0.39 is 0 Å². The lowest BCUT2D eigenvalue weighted by molar-refractivity contribution is 0.406. The summed E-state index contributed by atoms with van der Waals surface area (Å²) in [6, 6.07) is 8.06. The van der Waals surface area contributed by atoms with Gasteiger partial charge in [-0.3, -0.25) is 0 Å². The van der Waals surface area contributed by atoms with E-state index in [-0.39, 0.29) is 6.04 Å². The molecule has 0 amide bonds. The maximum atomic E-state index is 8.85. The van der Waals surface area contributed by atoms with Gasteiger partial charge in [-0.05, 0) is 25.0 Å². The molecular weight excluding hydrogens is 250 g/mol. The van der Waals surface area contributed by atoms with E-state index in [1.165, 1.54) is 0 Å². The standard InChI is InChI=1S/C16H25N3O/c1-12(2)11-19(10-6-9-17)14-7-5-8-15(20-4)16(14)13(3)18/h5,7-8,12-13H,6,10-11,18H2,1-4H3/t13-/m1/s1. The highest BCUT2D eigenvalue weighted by molar-refractivity contribution is 5.60. The molecule has 0 aliphatic heterocycles. The van der Waals surface area contributed by atoms with E-state index in [0.29, 0.717) is 18.9 Å². The SMILES string of the molecule is COc1cccc(N(CCC#N)CC(C)C)c1[C@@H](C)N. The van der Waals surface area contributed by atoms with Crippen molar-refractivity contribution in [3.8, 4) is 11.8 Å². The molecule has 110 valence electrons. The minimum atomic E-state index is -0.113. The van der Waals surface area contributed by atoms with E-state index in [1.54, 1.807) is 7.11 Å². The number of hydrogen-bond donors (Lipinski definition) is 1. The van der Waals surface area contributed by atoms with Gasteiger partial charge < -0.3 is 15.4 Å². The van der Waals surface area contributed by atoms with Crippen LogP contribution in [0.3, 0.4) is 0 Å². The van der Waals surface area contributed by atoms with Crippen LogP contribution in [0.4, 0.5) is 5.69 Å². The number of hydrogen-bond acceptors (Lipinski definition) is 4. The normalized spacial score (nSPS) is 12.1. The Kier molecular flexibility index (Phi) is 6.33. The fourth-order valence-electron chi connectivity index (χ4n) is 2.38. The minimum absolute atomic E-state index is 0.113. The number of methoxy groups -OCH3 is 1. The summed E-state index contributed by atoms with van der Waals surface area (Å²) < 4.78 is 5.44. The van der Waals surface area contributed by atoms with E-state index in [4.69, 9.17) is 15.7 Å². The van der Waals surface area contributed by atoms with E-state index >= 15 is 0 Å². The summed E-state index contributed by atoms with van der Waals surface area (Å²) in [4.78, 5) is 2.23. The summed E-state index contributed by atoms with van der Waals surface area (Å²) in [5, 5.41) is 8.85. The number of ether oxygens (including phenoxy) is 1. The predicted octanol–water partition coefficient (Wildman–Crippen LogP) is 3.09. The number of nitrogens with two attached hydrogens (primary N) is 1. The van der Waals surface area contributed by atoms with Crippen molar-refractivity contribution >= 4 is 5.69 Å². The quantitative estimate of drug-likeness (QED) is 0.830. The van der Waals surface area contributed by atoms with E-state index in [0.717, 1.165) is 23.5 Å². The van der Waals surface area contributed by atoms with Gasteiger partial charge in [-0.25, -0.2) is 0 Å². The fourth-order valence-corrected chi connectivity index (χ4v) is 2.38. The van der Waals surface area contributed by atoms with Crippen LogP contribution in [0.1, 0.15) is 38.8 Å². The van der Waals surface area contributed by atoms with Crippen molar-refractivity contribution in [2.24, 2.45) is 11.7 Å². The molecular formula is C16H25N3O. The van der Waals surface area contributed by atoms with Crippen molar-refractivity contribution in [1.82, 2.24) is 0 Å². The Hall–Kier alpha value is -1.73. The number of nitrogens with zero attached hydrogens (tertiary/aromatic N) is 2. The van der Waals surface area contributed by atoms with Gasteiger partial charge in [0, 0.05) is 30.4 Å². The van der Waals surface area contributed by atoms with Crippen molar-refractivity contribution in [1.29, 1.82) is 5.26 Å². The third-order valence-corrected chi connectivity index (χ3v) is 3.14. The number of benzene rings is 1. The van der Waals surface area contributed by atoms with Crippen LogP contribution in [0.15, 0.2) is 18.2 Å². The van der Waals surface area contributed by atoms with Crippen molar-refractivity contribution < 1.29 is 4.74 Å². The highest BCUT2D eigenvalue weighted by atomic mass is 16.5. The topological polar surface area (TPSA) is 62.3 Å². The largest absolute Gasteiger partial charge is 0.496 e. The molecule has 1 rings (SSSR count). The van der Waals surface area contributed by atoms with E-state index in [9.17, 15) is 0 Å². The zero-order valence-electron chi connectivity index (χ0n) is 12.9. The zero-order valence-corrected chi connectivity index (χ0v) is 12.9. The predicted molar refractivity (Wildman–Crippen MR) is 82.9 cm³/mol. The molecule has 4 heteroatoms. The Bertz CT molecular complexity index is 463. The van der Waals surface area contributed by atoms with Gasteiger partial charge in [-0.1, -0.05) is 19.9 Å². The Morgan fingerprint density at radius 3 is 2.55 bits per heavy atom. The van der Waals surface area contributed by atoms with Crippen LogP contribution in [0.5, 0.6) is 5.75 Å². The van der Waals surface area contributed by atoms with Crippen LogP contribution < -0.4 is 15.4 Å². The fraction of sp³-hybridized carbons (Fsp3) is 0.562. The summed E-state index contributed by atoms with van der Waals surface area (Å²) in [6.45, 7) is 7.91. The van der Waals surface area contributed by atoms with Crippen molar-refractivity contribution in [2.75, 3.05) is 25.1 Å². The zero-order chi connectivity index (χ0) is 15.1. The number of rotatable bonds is 7. The maximum absolute atomic E-state index is 8.85. The third-order valence-electron chi connectivity index (χ3n) is 3.14. The average Bonchev–Trinajstić information content (AvgIpc) is 2.41. The molecule has 1 atom stereocenters. The van der Waals surface area contributed by atoms with Crippen LogP contribution in [0.2, 0.25) is 0 Å². The molecule has 1 aromatic rings. The molecule has 0 saturated carbocycles. The van der Waals surface area contributed by atoms with Gasteiger partial charge in [-0.15, -0.1) is 0 Å². The van der Waals surface area contributed by atoms with Gasteiger partial charge in [0.2, 0.25) is 0 Å². The molecule has 0 aliphatic carbocycles. The monoisotopic (exact) mass is 275 g/mol. The molecule has 0 heterocycles. The molecule has 0 spiro atoms. The molecule has 1 aromatic carbocycles. The summed E-state index contributed by atoms with van der Waals surface area (Å²) in [5.41, 5.74) is 8.20. The summed E-state index contributed by atoms with van der Waals surface area (Å²) in [6.07, 6.45) is 0.502. The van der Waals surface area contributed by atoms with Crippen molar-refractivity contribution in [3.05, 3.63) is 23.8 Å². The molecule has 0 unspecified atom stereocenters. The Labute approximate surface area is 122 Å². The van der Waals surface area contributed by atoms with Crippen LogP contribution in [0.25, 0.3) is 0 Å². The summed E-state index contributed by atoms with van der Waals surface area (Å²) in [5.74, 6) is 1.32. The van der Waals surface area contributed by atoms with Crippen molar-refractivity contribution in [3.63, 3.8) is 0 Å². The molecule has 4 nitrogen and oxygen atoms in total. The molecule has 20 heavy (non-hydrogen) atoms. The molecule has 2 N–H and O–H groups in total. The minimum Gasteiger partial charge on any atom is -0.496 e. The average molecular weight is 275 g/mol. The van der Waals surface area contributed by atoms with Gasteiger partial charge in [0.1, 0.15) is 5.75 Å². The second-order valence-corrected chi connectivity index (χ2v) is 5.43. The van der Waals surface area contributed by atoms with E-state index in [2.05, 4.69) is 30.9 Å². The smallest absolute Gasteiger partial charge is 0.125 e. The Morgan fingerprint density at radius 2 is 2.05 bits per heavy atom. The first-order valence-electron chi connectivity index (χ1n) is 7.05. The van der Waals surface area contributed by atoms with Gasteiger partial charge in [0.25, 0.3) is 0 Å². The van der Waals surface area contributed by atoms with Crippen molar-refractivity contribution in [2.45, 2.75) is 33.2 Å². The Morgan fingerprint density at radius 1 is 1.35 bits per heavy atom. The molecule has 0 saturated heterocycles. The van der Waals surface area contributed by atoms with Gasteiger partial charge in [0.05, 0.1) is 19.6 Å². The second kappa shape index (κ2) is 7.76. The summed E-state index contributed by atoms with van der Waals surface area (Å²) in [7, 11) is 1.66. The number of nitriles is 1. The first-order chi connectivity index (χ1) is 9.51. The lowest BCUT2D eigenvalue weighted by atomic mass is 10.0. The van der Waals surface area contributed by atoms with Gasteiger partial charge in [0.15, 0.2) is 0 Å². The van der Waals surface area contributed by atoms with Crippen LogP contribution in [-0.4, -0.2) is 20.2 Å². The maximum Gasteiger partial charge on any atom is 0.125 e. The lowest BCUT2D eigenvalue weighted by Crippen LogP contribution is -2.30. The molecule has 0 radical (unpaired) electrons. The van der Waals surface area contributed by atoms with Crippen LogP contribution in [-0.2, 0) is 0 Å². The van der Waals surface area contributed by atoms with E-state index in [1.807, 2.05) is 19.1 Å². The molecule has 0 aromatic heterocycles. The lowest BCUT2D eigenvalue weighted by Gasteiger charge is -2.30. The molecule has 0 bridgehead atoms. The van der Waals surface area contributed by atoms with Crippen LogP contribution in [0, 0.1) is 17.2 Å². The van der Waals surface area contributed by atoms with Gasteiger partial charge >= 0.3 is 0 Å². The first-order valence-corrected chi connectivity index (χ1v) is 7.05. The summed E-state index contributed by atoms with van der Waals surface area (Å²) >= 11 is 0. The third kappa shape index (κ3) is 4.14. The second-order valence-electron chi connectivity index (χ2n) is 5.43. The first kappa shape index (κ1) is 16.3. The number of anilines is 1. The highest BCUT2D eigenvalue weighted by Crippen LogP contribution is 2.34. The molecule has 0 aliphatic rings. The Balaban J connectivity index is 3.20. The molecule has 0 fully saturated rings. The van der Waals surface area contributed by atoms with Gasteiger partial charge in [-0.2, -0.15) is 5.26 Å². The highest BCUT2D eigenvalue weighted by Gasteiger charge is 2.18. The van der Waals surface area contributed by atoms with Crippen LogP contribution >= 0.6 is 0 Å².